The van der Waals surface area contributed by atoms with Gasteiger partial charge < -0.3 is 14.9 Å². The van der Waals surface area contributed by atoms with Crippen molar-refractivity contribution in [1.82, 2.24) is 0 Å². The highest BCUT2D eigenvalue weighted by Crippen LogP contribution is 2.52. The van der Waals surface area contributed by atoms with Crippen LogP contribution < -0.4 is 0 Å². The van der Waals surface area contributed by atoms with Crippen LogP contribution in [0.3, 0.4) is 0 Å². The first-order valence-corrected chi connectivity index (χ1v) is 8.37. The molecule has 0 aromatic carbocycles. The summed E-state index contributed by atoms with van der Waals surface area (Å²) in [6.07, 6.45) is 14.7. The molecule has 4 unspecified atom stereocenters. The Morgan fingerprint density at radius 1 is 1.04 bits per heavy atom. The van der Waals surface area contributed by atoms with Gasteiger partial charge in [-0.05, 0) is 36.5 Å². The van der Waals surface area contributed by atoms with E-state index >= 15 is 0 Å². The van der Waals surface area contributed by atoms with Gasteiger partial charge in [0.15, 0.2) is 0 Å². The molecule has 0 radical (unpaired) electrons. The van der Waals surface area contributed by atoms with Gasteiger partial charge in [-0.3, -0.25) is 0 Å². The zero-order chi connectivity index (χ0) is 17.7. The summed E-state index contributed by atoms with van der Waals surface area (Å²) in [6.45, 7) is 3.69. The van der Waals surface area contributed by atoms with E-state index in [1.54, 1.807) is 13.8 Å². The maximum absolute atomic E-state index is 9.92. The van der Waals surface area contributed by atoms with Crippen LogP contribution in [-0.2, 0) is 14.3 Å². The van der Waals surface area contributed by atoms with Crippen LogP contribution in [0.2, 0.25) is 0 Å². The lowest BCUT2D eigenvalue weighted by molar-refractivity contribution is -0.150. The molecule has 5 nitrogen and oxygen atoms in total. The van der Waals surface area contributed by atoms with Crippen molar-refractivity contribution in [2.45, 2.75) is 26.7 Å². The molecule has 4 aliphatic rings. The Bertz CT molecular complexity index is 536. The first-order chi connectivity index (χ1) is 11.4. The molecule has 0 amide bonds. The van der Waals surface area contributed by atoms with E-state index in [1.165, 1.54) is 12.8 Å². The SMILES string of the molecule is C1=CC2C3C=CC(C3)C2C1.CC(C)(CO)CO.O=C1C=CC(=O)O1. The number of hydrogen-bond acceptors (Lipinski definition) is 5. The lowest BCUT2D eigenvalue weighted by Crippen LogP contribution is -2.20. The largest absolute Gasteiger partial charge is 0.396 e. The van der Waals surface area contributed by atoms with Crippen molar-refractivity contribution in [1.29, 1.82) is 0 Å². The van der Waals surface area contributed by atoms with Crippen LogP contribution in [0.1, 0.15) is 26.7 Å². The van der Waals surface area contributed by atoms with Gasteiger partial charge in [-0.2, -0.15) is 0 Å². The number of aliphatic hydroxyl groups excluding tert-OH is 2. The van der Waals surface area contributed by atoms with E-state index in [0.717, 1.165) is 35.8 Å². The van der Waals surface area contributed by atoms with Crippen LogP contribution in [-0.4, -0.2) is 35.4 Å². The van der Waals surface area contributed by atoms with Gasteiger partial charge in [0.05, 0.1) is 13.2 Å². The number of rotatable bonds is 2. The minimum absolute atomic E-state index is 0.0451. The summed E-state index contributed by atoms with van der Waals surface area (Å²) in [4.78, 5) is 19.8. The molecular weight excluding hydrogens is 308 g/mol. The molecule has 5 heteroatoms. The van der Waals surface area contributed by atoms with E-state index in [4.69, 9.17) is 10.2 Å². The normalized spacial score (nSPS) is 31.3. The Kier molecular flexibility index (Phi) is 6.13. The zero-order valence-corrected chi connectivity index (χ0v) is 14.2. The van der Waals surface area contributed by atoms with E-state index in [0.29, 0.717) is 0 Å². The number of cyclic esters (lactones) is 2. The molecule has 1 fully saturated rings. The van der Waals surface area contributed by atoms with E-state index in [9.17, 15) is 9.59 Å². The van der Waals surface area contributed by atoms with Crippen molar-refractivity contribution in [3.63, 3.8) is 0 Å². The third-order valence-corrected chi connectivity index (χ3v) is 4.87. The number of hydrogen-bond donors (Lipinski definition) is 2. The highest BCUT2D eigenvalue weighted by atomic mass is 16.6. The van der Waals surface area contributed by atoms with Gasteiger partial charge in [-0.15, -0.1) is 0 Å². The molecule has 2 bridgehead atoms. The molecule has 0 aromatic rings. The fourth-order valence-electron chi connectivity index (χ4n) is 3.33. The Morgan fingerprint density at radius 2 is 1.62 bits per heavy atom. The Balaban J connectivity index is 0.000000135. The number of carbonyl (C=O) groups excluding carboxylic acids is 2. The van der Waals surface area contributed by atoms with Crippen molar-refractivity contribution in [2.75, 3.05) is 13.2 Å². The van der Waals surface area contributed by atoms with Crippen LogP contribution >= 0.6 is 0 Å². The maximum atomic E-state index is 9.92. The molecule has 24 heavy (non-hydrogen) atoms. The lowest BCUT2D eigenvalue weighted by atomic mass is 9.86. The van der Waals surface area contributed by atoms with Gasteiger partial charge in [0.2, 0.25) is 0 Å². The van der Waals surface area contributed by atoms with Crippen LogP contribution in [0, 0.1) is 29.1 Å². The van der Waals surface area contributed by atoms with E-state index < -0.39 is 11.9 Å². The second-order valence-corrected chi connectivity index (χ2v) is 7.41. The second kappa shape index (κ2) is 7.90. The topological polar surface area (TPSA) is 83.8 Å². The summed E-state index contributed by atoms with van der Waals surface area (Å²) >= 11 is 0. The number of esters is 2. The quantitative estimate of drug-likeness (QED) is 0.458. The van der Waals surface area contributed by atoms with E-state index in [2.05, 4.69) is 29.0 Å². The number of allylic oxidation sites excluding steroid dienone is 4. The van der Waals surface area contributed by atoms with E-state index in [1.807, 2.05) is 0 Å². The van der Waals surface area contributed by atoms with Crippen LogP contribution in [0.4, 0.5) is 0 Å². The van der Waals surface area contributed by atoms with Gasteiger partial charge in [0.25, 0.3) is 0 Å². The molecule has 0 aromatic heterocycles. The van der Waals surface area contributed by atoms with Crippen LogP contribution in [0.15, 0.2) is 36.5 Å². The average molecular weight is 334 g/mol. The third kappa shape index (κ3) is 4.65. The monoisotopic (exact) mass is 334 g/mol. The van der Waals surface area contributed by atoms with Crippen molar-refractivity contribution in [3.8, 4) is 0 Å². The fraction of sp³-hybridized carbons (Fsp3) is 0.579. The first kappa shape index (κ1) is 18.6. The average Bonchev–Trinajstić information content (AvgIpc) is 3.31. The standard InChI is InChI=1S/C10H12.C5H12O2.C4H2O3/c1-2-9-7-4-5-8(6-7)10(9)3-1;1-5(2,3-6)4-7;5-3-1-2-4(6)7-3/h1-2,4-5,7-10H,3,6H2;6-7H,3-4H2,1-2H3;1-2H. The van der Waals surface area contributed by atoms with Crippen molar-refractivity contribution >= 4 is 11.9 Å². The summed E-state index contributed by atoms with van der Waals surface area (Å²) in [5, 5.41) is 16.9. The third-order valence-electron chi connectivity index (χ3n) is 4.87. The smallest absolute Gasteiger partial charge is 0.338 e. The molecule has 0 spiro atoms. The van der Waals surface area contributed by atoms with Crippen molar-refractivity contribution in [3.05, 3.63) is 36.5 Å². The zero-order valence-electron chi connectivity index (χ0n) is 14.2. The molecule has 4 atom stereocenters. The highest BCUT2D eigenvalue weighted by molar-refractivity contribution is 6.04. The second-order valence-electron chi connectivity index (χ2n) is 7.41. The predicted molar refractivity (Wildman–Crippen MR) is 89.7 cm³/mol. The lowest BCUT2D eigenvalue weighted by Gasteiger charge is -2.18. The predicted octanol–water partition coefficient (Wildman–Crippen LogP) is 2.01. The molecule has 2 N–H and O–H groups in total. The Morgan fingerprint density at radius 3 is 2.04 bits per heavy atom. The minimum atomic E-state index is -0.579. The highest BCUT2D eigenvalue weighted by Gasteiger charge is 2.44. The molecule has 3 aliphatic carbocycles. The summed E-state index contributed by atoms with van der Waals surface area (Å²) in [7, 11) is 0. The fourth-order valence-corrected chi connectivity index (χ4v) is 3.33. The summed E-state index contributed by atoms with van der Waals surface area (Å²) in [6, 6.07) is 0. The van der Waals surface area contributed by atoms with Gasteiger partial charge in [0.1, 0.15) is 0 Å². The van der Waals surface area contributed by atoms with Gasteiger partial charge >= 0.3 is 11.9 Å². The van der Waals surface area contributed by atoms with Crippen molar-refractivity contribution in [2.24, 2.45) is 29.1 Å². The molecule has 0 saturated heterocycles. The number of ether oxygens (including phenoxy) is 1. The molecule has 4 rings (SSSR count). The Hall–Kier alpha value is -1.72. The summed E-state index contributed by atoms with van der Waals surface area (Å²) in [5.74, 6) is 2.67. The molecule has 132 valence electrons. The molecular formula is C19H26O5. The van der Waals surface area contributed by atoms with Crippen LogP contribution in [0.5, 0.6) is 0 Å². The molecule has 1 heterocycles. The number of carbonyl (C=O) groups is 2. The summed E-state index contributed by atoms with van der Waals surface area (Å²) < 4.78 is 3.97. The van der Waals surface area contributed by atoms with Crippen molar-refractivity contribution < 1.29 is 24.5 Å². The van der Waals surface area contributed by atoms with E-state index in [-0.39, 0.29) is 18.6 Å². The number of fused-ring (bicyclic) bond motifs is 5. The van der Waals surface area contributed by atoms with Gasteiger partial charge in [0, 0.05) is 17.6 Å². The maximum Gasteiger partial charge on any atom is 0.338 e. The van der Waals surface area contributed by atoms with Gasteiger partial charge in [-0.25, -0.2) is 9.59 Å². The number of aliphatic hydroxyl groups is 2. The molecule has 1 aliphatic heterocycles. The van der Waals surface area contributed by atoms with Gasteiger partial charge in [-0.1, -0.05) is 38.2 Å². The molecule has 1 saturated carbocycles. The minimum Gasteiger partial charge on any atom is -0.396 e. The Labute approximate surface area is 142 Å². The summed E-state index contributed by atoms with van der Waals surface area (Å²) in [5.41, 5.74) is -0.306. The first-order valence-electron chi connectivity index (χ1n) is 8.37. The van der Waals surface area contributed by atoms with Crippen LogP contribution in [0.25, 0.3) is 0 Å².